The molecule has 4 rings (SSSR count). The van der Waals surface area contributed by atoms with Crippen LogP contribution in [0.3, 0.4) is 0 Å². The van der Waals surface area contributed by atoms with Crippen molar-refractivity contribution in [2.24, 2.45) is 0 Å². The fraction of sp³-hybridized carbons (Fsp3) is 0.0526. The average molecular weight is 276 g/mol. The summed E-state index contributed by atoms with van der Waals surface area (Å²) in [4.78, 5) is 0. The van der Waals surface area contributed by atoms with E-state index in [2.05, 4.69) is 18.2 Å². The zero-order valence-electron chi connectivity index (χ0n) is 11.3. The van der Waals surface area contributed by atoms with E-state index in [0.29, 0.717) is 0 Å². The Morgan fingerprint density at radius 3 is 2.52 bits per heavy atom. The van der Waals surface area contributed by atoms with Crippen molar-refractivity contribution in [2.75, 3.05) is 0 Å². The summed E-state index contributed by atoms with van der Waals surface area (Å²) in [5.74, 6) is 0.735. The highest BCUT2D eigenvalue weighted by Crippen LogP contribution is 2.40. The number of hydrogen-bond donors (Lipinski definition) is 0. The highest BCUT2D eigenvalue weighted by atomic mass is 19.1. The van der Waals surface area contributed by atoms with Gasteiger partial charge in [0.05, 0.1) is 6.26 Å². The molecule has 1 nitrogen and oxygen atoms in total. The van der Waals surface area contributed by atoms with Crippen LogP contribution in [0, 0.1) is 5.82 Å². The molecule has 3 aromatic rings. The molecule has 0 bridgehead atoms. The normalized spacial score (nSPS) is 16.5. The maximum absolute atomic E-state index is 13.2. The fourth-order valence-corrected chi connectivity index (χ4v) is 2.93. The van der Waals surface area contributed by atoms with Crippen molar-refractivity contribution in [2.45, 2.75) is 5.92 Å². The molecule has 1 heterocycles. The largest absolute Gasteiger partial charge is 0.465 e. The molecular weight excluding hydrogens is 263 g/mol. The lowest BCUT2D eigenvalue weighted by molar-refractivity contribution is 0.460. The average Bonchev–Trinajstić information content (AvgIpc) is 2.55. The summed E-state index contributed by atoms with van der Waals surface area (Å²) in [6.07, 6.45) is 3.73. The van der Waals surface area contributed by atoms with E-state index < -0.39 is 0 Å². The van der Waals surface area contributed by atoms with Crippen molar-refractivity contribution >= 4 is 10.8 Å². The Hall–Kier alpha value is -2.61. The molecule has 1 atom stereocenters. The minimum absolute atomic E-state index is 0.0837. The summed E-state index contributed by atoms with van der Waals surface area (Å²) in [6.45, 7) is 0. The van der Waals surface area contributed by atoms with Gasteiger partial charge >= 0.3 is 0 Å². The molecule has 1 unspecified atom stereocenters. The number of allylic oxidation sites excluding steroid dienone is 1. The molecule has 0 amide bonds. The van der Waals surface area contributed by atoms with E-state index in [4.69, 9.17) is 4.74 Å². The Labute approximate surface area is 122 Å². The van der Waals surface area contributed by atoms with Gasteiger partial charge in [0, 0.05) is 11.5 Å². The van der Waals surface area contributed by atoms with Gasteiger partial charge in [-0.1, -0.05) is 42.5 Å². The molecule has 102 valence electrons. The van der Waals surface area contributed by atoms with E-state index in [1.54, 1.807) is 6.26 Å². The summed E-state index contributed by atoms with van der Waals surface area (Å²) < 4.78 is 18.8. The predicted octanol–water partition coefficient (Wildman–Crippen LogP) is 5.02. The predicted molar refractivity (Wildman–Crippen MR) is 82.0 cm³/mol. The topological polar surface area (TPSA) is 9.23 Å². The van der Waals surface area contributed by atoms with E-state index in [1.807, 2.05) is 36.4 Å². The summed E-state index contributed by atoms with van der Waals surface area (Å²) in [6, 6.07) is 19.0. The van der Waals surface area contributed by atoms with Gasteiger partial charge in [-0.05, 0) is 40.6 Å². The maximum Gasteiger partial charge on any atom is 0.131 e. The van der Waals surface area contributed by atoms with Crippen LogP contribution in [-0.2, 0) is 0 Å². The molecule has 0 saturated heterocycles. The van der Waals surface area contributed by atoms with Gasteiger partial charge in [0.2, 0.25) is 0 Å². The van der Waals surface area contributed by atoms with E-state index >= 15 is 0 Å². The van der Waals surface area contributed by atoms with Gasteiger partial charge in [-0.15, -0.1) is 0 Å². The minimum Gasteiger partial charge on any atom is -0.465 e. The van der Waals surface area contributed by atoms with Crippen molar-refractivity contribution < 1.29 is 9.13 Å². The van der Waals surface area contributed by atoms with Gasteiger partial charge in [-0.25, -0.2) is 4.39 Å². The Morgan fingerprint density at radius 1 is 0.857 bits per heavy atom. The first-order valence-corrected chi connectivity index (χ1v) is 6.93. The van der Waals surface area contributed by atoms with Gasteiger partial charge in [0.15, 0.2) is 0 Å². The maximum atomic E-state index is 13.2. The van der Waals surface area contributed by atoms with Gasteiger partial charge in [-0.2, -0.15) is 0 Å². The molecule has 3 aromatic carbocycles. The molecule has 0 aromatic heterocycles. The first-order chi connectivity index (χ1) is 10.3. The Bertz CT molecular complexity index is 834. The number of ether oxygens (including phenoxy) is 1. The van der Waals surface area contributed by atoms with Crippen molar-refractivity contribution in [3.63, 3.8) is 0 Å². The van der Waals surface area contributed by atoms with Crippen LogP contribution in [0.25, 0.3) is 10.8 Å². The van der Waals surface area contributed by atoms with Gasteiger partial charge < -0.3 is 4.74 Å². The van der Waals surface area contributed by atoms with Crippen LogP contribution < -0.4 is 4.74 Å². The van der Waals surface area contributed by atoms with Gasteiger partial charge in [-0.3, -0.25) is 0 Å². The third-order valence-electron chi connectivity index (χ3n) is 3.94. The van der Waals surface area contributed by atoms with E-state index in [1.165, 1.54) is 22.9 Å². The molecule has 0 radical (unpaired) electrons. The zero-order valence-corrected chi connectivity index (χ0v) is 11.3. The number of fused-ring (bicyclic) bond motifs is 3. The molecule has 0 spiro atoms. The summed E-state index contributed by atoms with van der Waals surface area (Å²) >= 11 is 0. The SMILES string of the molecule is Fc1ccc(C2C=COc3ccc4ccccc4c32)cc1. The molecule has 1 aliphatic rings. The zero-order chi connectivity index (χ0) is 14.2. The summed E-state index contributed by atoms with van der Waals surface area (Å²) in [5.41, 5.74) is 2.20. The van der Waals surface area contributed by atoms with Gasteiger partial charge in [0.25, 0.3) is 0 Å². The summed E-state index contributed by atoms with van der Waals surface area (Å²) in [7, 11) is 0. The third-order valence-corrected chi connectivity index (χ3v) is 3.94. The first kappa shape index (κ1) is 12.2. The van der Waals surface area contributed by atoms with Crippen LogP contribution in [-0.4, -0.2) is 0 Å². The van der Waals surface area contributed by atoms with Crippen LogP contribution in [0.15, 0.2) is 73.0 Å². The number of halogens is 1. The monoisotopic (exact) mass is 276 g/mol. The molecule has 0 saturated carbocycles. The van der Waals surface area contributed by atoms with Crippen molar-refractivity contribution in [3.05, 3.63) is 89.9 Å². The standard InChI is InChI=1S/C19H13FO/c20-15-8-5-14(6-9-15)17-11-12-21-18-10-7-13-3-1-2-4-16(13)19(17)18/h1-12,17H. The van der Waals surface area contributed by atoms with E-state index in [9.17, 15) is 4.39 Å². The van der Waals surface area contributed by atoms with Crippen molar-refractivity contribution in [1.29, 1.82) is 0 Å². The van der Waals surface area contributed by atoms with E-state index in [-0.39, 0.29) is 11.7 Å². The molecular formula is C19H13FO. The number of hydrogen-bond acceptors (Lipinski definition) is 1. The van der Waals surface area contributed by atoms with Crippen molar-refractivity contribution in [1.82, 2.24) is 0 Å². The number of rotatable bonds is 1. The molecule has 0 N–H and O–H groups in total. The van der Waals surface area contributed by atoms with Crippen LogP contribution in [0.2, 0.25) is 0 Å². The van der Waals surface area contributed by atoms with E-state index in [0.717, 1.165) is 16.9 Å². The van der Waals surface area contributed by atoms with Crippen LogP contribution in [0.5, 0.6) is 5.75 Å². The summed E-state index contributed by atoms with van der Waals surface area (Å²) in [5, 5.41) is 2.36. The lowest BCUT2D eigenvalue weighted by Gasteiger charge is -2.23. The van der Waals surface area contributed by atoms with Crippen LogP contribution in [0.1, 0.15) is 17.0 Å². The van der Waals surface area contributed by atoms with Crippen LogP contribution in [0.4, 0.5) is 4.39 Å². The molecule has 2 heteroatoms. The highest BCUT2D eigenvalue weighted by molar-refractivity contribution is 5.89. The third kappa shape index (κ3) is 2.00. The highest BCUT2D eigenvalue weighted by Gasteiger charge is 2.22. The Morgan fingerprint density at radius 2 is 1.67 bits per heavy atom. The second-order valence-electron chi connectivity index (χ2n) is 5.17. The minimum atomic E-state index is -0.215. The molecule has 1 aliphatic heterocycles. The quantitative estimate of drug-likeness (QED) is 0.606. The van der Waals surface area contributed by atoms with Crippen molar-refractivity contribution in [3.8, 4) is 5.75 Å². The molecule has 0 aliphatic carbocycles. The Balaban J connectivity index is 1.96. The second-order valence-corrected chi connectivity index (χ2v) is 5.17. The lowest BCUT2D eigenvalue weighted by atomic mass is 9.86. The lowest BCUT2D eigenvalue weighted by Crippen LogP contribution is -2.06. The second kappa shape index (κ2) is 4.74. The fourth-order valence-electron chi connectivity index (χ4n) is 2.93. The number of benzene rings is 3. The van der Waals surface area contributed by atoms with Gasteiger partial charge in [0.1, 0.15) is 11.6 Å². The molecule has 21 heavy (non-hydrogen) atoms. The first-order valence-electron chi connectivity index (χ1n) is 6.93. The van der Waals surface area contributed by atoms with Crippen LogP contribution >= 0.6 is 0 Å². The Kier molecular flexibility index (Phi) is 2.74. The smallest absolute Gasteiger partial charge is 0.131 e. The molecule has 0 fully saturated rings.